The maximum atomic E-state index is 12.1. The molecule has 1 aliphatic rings. The molecular formula is C16H22BrNO2. The van der Waals surface area contributed by atoms with E-state index in [1.807, 2.05) is 25.1 Å². The summed E-state index contributed by atoms with van der Waals surface area (Å²) >= 11 is 3.44. The molecule has 0 aliphatic heterocycles. The Balaban J connectivity index is 1.73. The van der Waals surface area contributed by atoms with Gasteiger partial charge in [0.1, 0.15) is 0 Å². The van der Waals surface area contributed by atoms with Crippen LogP contribution >= 0.6 is 15.9 Å². The molecule has 4 heteroatoms. The first-order valence-electron chi connectivity index (χ1n) is 7.33. The molecule has 0 aromatic heterocycles. The van der Waals surface area contributed by atoms with Gasteiger partial charge in [-0.25, -0.2) is 0 Å². The maximum absolute atomic E-state index is 12.1. The van der Waals surface area contributed by atoms with E-state index in [1.165, 1.54) is 32.1 Å². The Hall–Kier alpha value is -0.870. The highest BCUT2D eigenvalue weighted by Crippen LogP contribution is 2.20. The van der Waals surface area contributed by atoms with Crippen molar-refractivity contribution in [1.82, 2.24) is 5.32 Å². The van der Waals surface area contributed by atoms with Gasteiger partial charge in [0.2, 0.25) is 0 Å². The van der Waals surface area contributed by atoms with Crippen molar-refractivity contribution >= 4 is 21.8 Å². The average Bonchev–Trinajstić information content (AvgIpc) is 2.47. The lowest BCUT2D eigenvalue weighted by Gasteiger charge is -2.22. The molecule has 3 nitrogen and oxygen atoms in total. The Kier molecular flexibility index (Phi) is 6.05. The van der Waals surface area contributed by atoms with Crippen molar-refractivity contribution in [2.24, 2.45) is 0 Å². The number of hydrogen-bond donors (Lipinski definition) is 1. The van der Waals surface area contributed by atoms with E-state index >= 15 is 0 Å². The molecule has 0 saturated heterocycles. The Morgan fingerprint density at radius 1 is 1.35 bits per heavy atom. The first-order chi connectivity index (χ1) is 9.68. The van der Waals surface area contributed by atoms with Gasteiger partial charge in [-0.15, -0.1) is 0 Å². The summed E-state index contributed by atoms with van der Waals surface area (Å²) in [5, 5.41) is 2.92. The number of ether oxygens (including phenoxy) is 1. The minimum absolute atomic E-state index is 0.0314. The van der Waals surface area contributed by atoms with Crippen LogP contribution in [-0.2, 0) is 4.74 Å². The lowest BCUT2D eigenvalue weighted by molar-refractivity contribution is 0.0299. The van der Waals surface area contributed by atoms with Gasteiger partial charge >= 0.3 is 0 Å². The second-order valence-electron chi connectivity index (χ2n) is 5.30. The van der Waals surface area contributed by atoms with Gasteiger partial charge in [-0.05, 0) is 37.5 Å². The minimum atomic E-state index is -0.0314. The zero-order chi connectivity index (χ0) is 14.4. The summed E-state index contributed by atoms with van der Waals surface area (Å²) in [4.78, 5) is 12.1. The van der Waals surface area contributed by atoms with Crippen molar-refractivity contribution in [2.45, 2.75) is 45.1 Å². The summed E-state index contributed by atoms with van der Waals surface area (Å²) in [5.41, 5.74) is 1.69. The van der Waals surface area contributed by atoms with Crippen molar-refractivity contribution in [1.29, 1.82) is 0 Å². The number of benzene rings is 1. The second-order valence-corrected chi connectivity index (χ2v) is 6.15. The summed E-state index contributed by atoms with van der Waals surface area (Å²) in [6, 6.07) is 5.67. The fourth-order valence-corrected chi connectivity index (χ4v) is 2.94. The average molecular weight is 340 g/mol. The highest BCUT2D eigenvalue weighted by atomic mass is 79.9. The van der Waals surface area contributed by atoms with Crippen LogP contribution in [0.2, 0.25) is 0 Å². The summed E-state index contributed by atoms with van der Waals surface area (Å²) in [5.74, 6) is -0.0314. The Morgan fingerprint density at radius 3 is 2.85 bits per heavy atom. The molecule has 0 atom stereocenters. The van der Waals surface area contributed by atoms with Crippen molar-refractivity contribution in [3.05, 3.63) is 33.8 Å². The molecule has 0 bridgehead atoms. The largest absolute Gasteiger partial charge is 0.376 e. The Labute approximate surface area is 129 Å². The van der Waals surface area contributed by atoms with Gasteiger partial charge in [0.15, 0.2) is 0 Å². The molecule has 1 N–H and O–H groups in total. The molecule has 0 radical (unpaired) electrons. The van der Waals surface area contributed by atoms with Crippen LogP contribution < -0.4 is 5.32 Å². The van der Waals surface area contributed by atoms with Gasteiger partial charge in [-0.2, -0.15) is 0 Å². The summed E-state index contributed by atoms with van der Waals surface area (Å²) in [6.07, 6.45) is 6.60. The third-order valence-electron chi connectivity index (χ3n) is 3.81. The number of carbonyl (C=O) groups is 1. The van der Waals surface area contributed by atoms with E-state index in [0.717, 1.165) is 15.6 Å². The third kappa shape index (κ3) is 4.32. The molecule has 1 aromatic rings. The van der Waals surface area contributed by atoms with Crippen LogP contribution in [0.1, 0.15) is 48.0 Å². The van der Waals surface area contributed by atoms with E-state index in [4.69, 9.17) is 4.74 Å². The number of rotatable bonds is 5. The van der Waals surface area contributed by atoms with Crippen LogP contribution in [0, 0.1) is 6.92 Å². The van der Waals surface area contributed by atoms with E-state index in [1.54, 1.807) is 0 Å². The predicted octanol–water partition coefficient (Wildman–Crippen LogP) is 3.84. The van der Waals surface area contributed by atoms with Crippen LogP contribution in [-0.4, -0.2) is 25.2 Å². The quantitative estimate of drug-likeness (QED) is 0.827. The number of nitrogens with one attached hydrogen (secondary N) is 1. The monoisotopic (exact) mass is 339 g/mol. The lowest BCUT2D eigenvalue weighted by atomic mass is 9.98. The number of halogens is 1. The molecular weight excluding hydrogens is 318 g/mol. The van der Waals surface area contributed by atoms with Gasteiger partial charge in [0, 0.05) is 16.6 Å². The highest BCUT2D eigenvalue weighted by Gasteiger charge is 2.14. The molecule has 1 amide bonds. The van der Waals surface area contributed by atoms with Crippen molar-refractivity contribution in [3.63, 3.8) is 0 Å². The molecule has 2 rings (SSSR count). The van der Waals surface area contributed by atoms with Gasteiger partial charge in [0.05, 0.1) is 12.7 Å². The normalized spacial score (nSPS) is 16.1. The number of hydrogen-bond acceptors (Lipinski definition) is 2. The summed E-state index contributed by atoms with van der Waals surface area (Å²) in [7, 11) is 0. The topological polar surface area (TPSA) is 38.3 Å². The second kappa shape index (κ2) is 7.79. The van der Waals surface area contributed by atoms with Crippen LogP contribution in [0.3, 0.4) is 0 Å². The molecule has 1 aliphatic carbocycles. The minimum Gasteiger partial charge on any atom is -0.376 e. The molecule has 1 aromatic carbocycles. The molecule has 1 fully saturated rings. The highest BCUT2D eigenvalue weighted by molar-refractivity contribution is 9.10. The van der Waals surface area contributed by atoms with E-state index in [2.05, 4.69) is 21.2 Å². The maximum Gasteiger partial charge on any atom is 0.251 e. The number of carbonyl (C=O) groups excluding carboxylic acids is 1. The fraction of sp³-hybridized carbons (Fsp3) is 0.562. The lowest BCUT2D eigenvalue weighted by Crippen LogP contribution is -2.29. The van der Waals surface area contributed by atoms with Gasteiger partial charge in [-0.1, -0.05) is 41.3 Å². The standard InChI is InChI=1S/C16H22BrNO2/c1-12-14(8-5-9-15(12)17)16(19)18-10-11-20-13-6-3-2-4-7-13/h5,8-9,13H,2-4,6-7,10-11H2,1H3,(H,18,19). The fourth-order valence-electron chi connectivity index (χ4n) is 2.57. The van der Waals surface area contributed by atoms with E-state index in [9.17, 15) is 4.79 Å². The summed E-state index contributed by atoms with van der Waals surface area (Å²) in [6.45, 7) is 3.11. The van der Waals surface area contributed by atoms with Crippen molar-refractivity contribution in [3.8, 4) is 0 Å². The van der Waals surface area contributed by atoms with Crippen molar-refractivity contribution < 1.29 is 9.53 Å². The predicted molar refractivity (Wildman–Crippen MR) is 84.0 cm³/mol. The van der Waals surface area contributed by atoms with Crippen LogP contribution in [0.25, 0.3) is 0 Å². The van der Waals surface area contributed by atoms with Crippen molar-refractivity contribution in [2.75, 3.05) is 13.2 Å². The van der Waals surface area contributed by atoms with E-state index in [-0.39, 0.29) is 5.91 Å². The van der Waals surface area contributed by atoms with Crippen LogP contribution in [0.15, 0.2) is 22.7 Å². The first kappa shape index (κ1) is 15.5. The van der Waals surface area contributed by atoms with E-state index < -0.39 is 0 Å². The zero-order valence-electron chi connectivity index (χ0n) is 12.0. The third-order valence-corrected chi connectivity index (χ3v) is 4.66. The van der Waals surface area contributed by atoms with Gasteiger partial charge < -0.3 is 10.1 Å². The van der Waals surface area contributed by atoms with Gasteiger partial charge in [0.25, 0.3) is 5.91 Å². The molecule has 0 unspecified atom stereocenters. The SMILES string of the molecule is Cc1c(Br)cccc1C(=O)NCCOC1CCCCC1. The Bertz CT molecular complexity index is 456. The zero-order valence-corrected chi connectivity index (χ0v) is 13.5. The molecule has 0 heterocycles. The molecule has 110 valence electrons. The van der Waals surface area contributed by atoms with Crippen LogP contribution in [0.5, 0.6) is 0 Å². The smallest absolute Gasteiger partial charge is 0.251 e. The molecule has 0 spiro atoms. The first-order valence-corrected chi connectivity index (χ1v) is 8.12. The summed E-state index contributed by atoms with van der Waals surface area (Å²) < 4.78 is 6.76. The Morgan fingerprint density at radius 2 is 2.10 bits per heavy atom. The number of amides is 1. The van der Waals surface area contributed by atoms with Crippen LogP contribution in [0.4, 0.5) is 0 Å². The molecule has 20 heavy (non-hydrogen) atoms. The molecule has 1 saturated carbocycles. The van der Waals surface area contributed by atoms with E-state index in [0.29, 0.717) is 19.3 Å². The van der Waals surface area contributed by atoms with Gasteiger partial charge in [-0.3, -0.25) is 4.79 Å².